The Balaban J connectivity index is 1.51. The van der Waals surface area contributed by atoms with Gasteiger partial charge >= 0.3 is 0 Å². The first-order chi connectivity index (χ1) is 17.4. The zero-order valence-corrected chi connectivity index (χ0v) is 20.9. The number of carbonyl (C=O) groups is 1. The minimum Gasteiger partial charge on any atom is -0.488 e. The number of nitrogens with one attached hydrogen (secondary N) is 1. The topological polar surface area (TPSA) is 59.9 Å². The van der Waals surface area contributed by atoms with E-state index < -0.39 is 12.0 Å². The average Bonchev–Trinajstić information content (AvgIpc) is 2.88. The molecule has 5 nitrogen and oxygen atoms in total. The molecule has 4 aromatic rings. The third-order valence-electron chi connectivity index (χ3n) is 5.43. The summed E-state index contributed by atoms with van der Waals surface area (Å²) in [5, 5.41) is 6.87. The first-order valence-electron chi connectivity index (χ1n) is 11.3. The molecule has 0 aliphatic rings. The largest absolute Gasteiger partial charge is 0.488 e. The molecule has 0 aliphatic heterocycles. The van der Waals surface area contributed by atoms with Crippen molar-refractivity contribution in [3.8, 4) is 11.5 Å². The summed E-state index contributed by atoms with van der Waals surface area (Å²) in [7, 11) is 0. The highest BCUT2D eigenvalue weighted by molar-refractivity contribution is 6.35. The van der Waals surface area contributed by atoms with Gasteiger partial charge in [0.2, 0.25) is 0 Å². The van der Waals surface area contributed by atoms with Crippen molar-refractivity contribution < 1.29 is 18.7 Å². The molecule has 0 bridgehead atoms. The fourth-order valence-electron chi connectivity index (χ4n) is 3.56. The molecule has 1 amide bonds. The van der Waals surface area contributed by atoms with E-state index in [-0.39, 0.29) is 12.4 Å². The number of nitrogens with zero attached hydrogens (tertiary/aromatic N) is 1. The Bertz CT molecular complexity index is 1390. The molecule has 4 rings (SSSR count). The molecular formula is C28H23Cl2FN2O3. The molecule has 0 aromatic heterocycles. The molecule has 0 aliphatic carbocycles. The first kappa shape index (κ1) is 25.5. The van der Waals surface area contributed by atoms with E-state index in [4.69, 9.17) is 32.7 Å². The number of benzene rings is 4. The van der Waals surface area contributed by atoms with Crippen LogP contribution in [-0.2, 0) is 11.4 Å². The van der Waals surface area contributed by atoms with Crippen LogP contribution in [-0.4, -0.2) is 18.2 Å². The van der Waals surface area contributed by atoms with E-state index in [2.05, 4.69) is 10.5 Å². The van der Waals surface area contributed by atoms with Crippen LogP contribution in [0.25, 0.3) is 10.8 Å². The Hall–Kier alpha value is -3.61. The van der Waals surface area contributed by atoms with Crippen molar-refractivity contribution >= 4 is 46.1 Å². The highest BCUT2D eigenvalue weighted by Gasteiger charge is 2.19. The molecule has 0 heterocycles. The molecule has 0 unspecified atom stereocenters. The summed E-state index contributed by atoms with van der Waals surface area (Å²) in [5.74, 6) is 0.208. The third kappa shape index (κ3) is 6.33. The first-order valence-corrected chi connectivity index (χ1v) is 12.0. The zero-order valence-electron chi connectivity index (χ0n) is 19.4. The SMILES string of the molecule is CC[C@H](Oc1ccc(Cl)cc1Cl)C(=O)N/N=C\c1c(OCc2ccc(F)cc2)ccc2ccccc12. The maximum atomic E-state index is 13.2. The summed E-state index contributed by atoms with van der Waals surface area (Å²) in [5.41, 5.74) is 4.07. The number of hydrogen-bond acceptors (Lipinski definition) is 4. The summed E-state index contributed by atoms with van der Waals surface area (Å²) < 4.78 is 25.0. The number of carbonyl (C=O) groups excluding carboxylic acids is 1. The number of amides is 1. The Kier molecular flexibility index (Phi) is 8.41. The lowest BCUT2D eigenvalue weighted by molar-refractivity contribution is -0.128. The van der Waals surface area contributed by atoms with Gasteiger partial charge in [0.25, 0.3) is 5.91 Å². The average molecular weight is 525 g/mol. The highest BCUT2D eigenvalue weighted by Crippen LogP contribution is 2.29. The normalized spacial score (nSPS) is 12.0. The van der Waals surface area contributed by atoms with E-state index in [0.717, 1.165) is 16.3 Å². The fraction of sp³-hybridized carbons (Fsp3) is 0.143. The standard InChI is InChI=1S/C28H23Cl2FN2O3/c1-2-25(36-27-14-10-20(29)15-24(27)30)28(34)33-32-16-23-22-6-4-3-5-19(22)9-13-26(23)35-17-18-7-11-21(31)12-8-18/h3-16,25H,2,17H2,1H3,(H,33,34)/b32-16-/t25-/m0/s1. The molecule has 184 valence electrons. The van der Waals surface area contributed by atoms with E-state index in [0.29, 0.717) is 33.5 Å². The Morgan fingerprint density at radius 1 is 1.03 bits per heavy atom. The van der Waals surface area contributed by atoms with Crippen LogP contribution in [0.1, 0.15) is 24.5 Å². The van der Waals surface area contributed by atoms with E-state index in [1.54, 1.807) is 36.5 Å². The van der Waals surface area contributed by atoms with Crippen LogP contribution in [0.15, 0.2) is 84.0 Å². The van der Waals surface area contributed by atoms with E-state index in [9.17, 15) is 9.18 Å². The van der Waals surface area contributed by atoms with Crippen LogP contribution in [0.4, 0.5) is 4.39 Å². The van der Waals surface area contributed by atoms with Crippen molar-refractivity contribution in [2.75, 3.05) is 0 Å². The van der Waals surface area contributed by atoms with Crippen LogP contribution in [0.3, 0.4) is 0 Å². The Labute approximate surface area is 218 Å². The second-order valence-electron chi connectivity index (χ2n) is 7.94. The number of ether oxygens (including phenoxy) is 2. The van der Waals surface area contributed by atoms with Crippen molar-refractivity contribution in [2.24, 2.45) is 5.10 Å². The predicted molar refractivity (Wildman–Crippen MR) is 142 cm³/mol. The Morgan fingerprint density at radius 3 is 2.53 bits per heavy atom. The molecule has 0 saturated heterocycles. The summed E-state index contributed by atoms with van der Waals surface area (Å²) in [6.07, 6.45) is 1.14. The van der Waals surface area contributed by atoms with Crippen LogP contribution < -0.4 is 14.9 Å². The molecule has 8 heteroatoms. The van der Waals surface area contributed by atoms with Gasteiger partial charge in [0, 0.05) is 10.6 Å². The summed E-state index contributed by atoms with van der Waals surface area (Å²) in [4.78, 5) is 12.8. The maximum Gasteiger partial charge on any atom is 0.281 e. The fourth-order valence-corrected chi connectivity index (χ4v) is 4.01. The monoisotopic (exact) mass is 524 g/mol. The van der Waals surface area contributed by atoms with Gasteiger partial charge in [-0.15, -0.1) is 0 Å². The summed E-state index contributed by atoms with van der Waals surface area (Å²) >= 11 is 12.1. The highest BCUT2D eigenvalue weighted by atomic mass is 35.5. The molecule has 0 spiro atoms. The second kappa shape index (κ2) is 11.9. The lowest BCUT2D eigenvalue weighted by Crippen LogP contribution is -2.35. The third-order valence-corrected chi connectivity index (χ3v) is 5.96. The lowest BCUT2D eigenvalue weighted by Gasteiger charge is -2.17. The Morgan fingerprint density at radius 2 is 1.78 bits per heavy atom. The molecule has 1 atom stereocenters. The van der Waals surface area contributed by atoms with Crippen LogP contribution in [0.2, 0.25) is 10.0 Å². The second-order valence-corrected chi connectivity index (χ2v) is 8.78. The van der Waals surface area contributed by atoms with Gasteiger partial charge in [-0.05, 0) is 59.2 Å². The van der Waals surface area contributed by atoms with Gasteiger partial charge in [-0.3, -0.25) is 4.79 Å². The number of halogens is 3. The lowest BCUT2D eigenvalue weighted by atomic mass is 10.0. The smallest absolute Gasteiger partial charge is 0.281 e. The van der Waals surface area contributed by atoms with Gasteiger partial charge in [0.05, 0.1) is 11.2 Å². The molecule has 1 N–H and O–H groups in total. The van der Waals surface area contributed by atoms with E-state index in [1.165, 1.54) is 12.1 Å². The molecule has 0 saturated carbocycles. The minimum absolute atomic E-state index is 0.249. The van der Waals surface area contributed by atoms with Crippen molar-refractivity contribution in [2.45, 2.75) is 26.1 Å². The predicted octanol–water partition coefficient (Wildman–Crippen LogP) is 7.17. The van der Waals surface area contributed by atoms with Crippen LogP contribution >= 0.6 is 23.2 Å². The van der Waals surface area contributed by atoms with Gasteiger partial charge in [-0.1, -0.05) is 72.6 Å². The van der Waals surface area contributed by atoms with Crippen LogP contribution in [0.5, 0.6) is 11.5 Å². The molecule has 0 fully saturated rings. The van der Waals surface area contributed by atoms with Gasteiger partial charge < -0.3 is 9.47 Å². The van der Waals surface area contributed by atoms with Crippen molar-refractivity contribution in [3.05, 3.63) is 106 Å². The zero-order chi connectivity index (χ0) is 25.5. The number of hydrazone groups is 1. The molecular weight excluding hydrogens is 502 g/mol. The van der Waals surface area contributed by atoms with Crippen LogP contribution in [0, 0.1) is 5.82 Å². The summed E-state index contributed by atoms with van der Waals surface area (Å²) in [6.45, 7) is 2.07. The van der Waals surface area contributed by atoms with Gasteiger partial charge in [0.1, 0.15) is 23.9 Å². The van der Waals surface area contributed by atoms with E-state index in [1.807, 2.05) is 43.3 Å². The van der Waals surface area contributed by atoms with Crippen molar-refractivity contribution in [1.29, 1.82) is 0 Å². The maximum absolute atomic E-state index is 13.2. The van der Waals surface area contributed by atoms with Gasteiger partial charge in [-0.2, -0.15) is 5.10 Å². The number of fused-ring (bicyclic) bond motifs is 1. The van der Waals surface area contributed by atoms with Crippen molar-refractivity contribution in [1.82, 2.24) is 5.43 Å². The van der Waals surface area contributed by atoms with E-state index >= 15 is 0 Å². The molecule has 4 aromatic carbocycles. The van der Waals surface area contributed by atoms with Crippen molar-refractivity contribution in [3.63, 3.8) is 0 Å². The minimum atomic E-state index is -0.803. The van der Waals surface area contributed by atoms with Gasteiger partial charge in [-0.25, -0.2) is 9.82 Å². The quantitative estimate of drug-likeness (QED) is 0.186. The van der Waals surface area contributed by atoms with Gasteiger partial charge in [0.15, 0.2) is 6.10 Å². The number of hydrogen-bond donors (Lipinski definition) is 1. The molecule has 36 heavy (non-hydrogen) atoms. The molecule has 0 radical (unpaired) electrons. The number of rotatable bonds is 9. The summed E-state index contributed by atoms with van der Waals surface area (Å²) in [6, 6.07) is 22.5.